The number of ether oxygens (including phenoxy) is 1. The normalized spacial score (nSPS) is 13.4. The zero-order valence-electron chi connectivity index (χ0n) is 15.8. The van der Waals surface area contributed by atoms with E-state index in [0.717, 1.165) is 12.5 Å². The van der Waals surface area contributed by atoms with Crippen molar-refractivity contribution in [1.29, 1.82) is 0 Å². The Morgan fingerprint density at radius 3 is 2.52 bits per heavy atom. The molecular weight excluding hydrogens is 341 g/mol. The van der Waals surface area contributed by atoms with Gasteiger partial charge in [0.25, 0.3) is 0 Å². The molecule has 0 fully saturated rings. The van der Waals surface area contributed by atoms with Crippen LogP contribution in [-0.4, -0.2) is 58.9 Å². The first-order valence-corrected chi connectivity index (χ1v) is 9.82. The Morgan fingerprint density at radius 1 is 1.32 bits per heavy atom. The van der Waals surface area contributed by atoms with Crippen LogP contribution in [0.2, 0.25) is 0 Å². The van der Waals surface area contributed by atoms with E-state index in [2.05, 4.69) is 10.3 Å². The van der Waals surface area contributed by atoms with Gasteiger partial charge in [-0.05, 0) is 52.0 Å². The zero-order valence-corrected chi connectivity index (χ0v) is 16.7. The standard InChI is InChI=1S/C18H30FN3O2S/c1-6-20-17(21-11-14-25(23)18(2,3)4)22(5)12-13-24-16-9-7-15(19)8-10-16/h7-10H,6,11-14H2,1-5H3,(H,20,21). The van der Waals surface area contributed by atoms with Gasteiger partial charge in [0.15, 0.2) is 5.96 Å². The van der Waals surface area contributed by atoms with Gasteiger partial charge in [0.05, 0.1) is 13.1 Å². The summed E-state index contributed by atoms with van der Waals surface area (Å²) in [5.74, 6) is 1.66. The third kappa shape index (κ3) is 8.34. The van der Waals surface area contributed by atoms with Crippen molar-refractivity contribution in [3.05, 3.63) is 30.1 Å². The van der Waals surface area contributed by atoms with E-state index in [1.165, 1.54) is 12.1 Å². The Balaban J connectivity index is 2.48. The van der Waals surface area contributed by atoms with Crippen LogP contribution in [0.15, 0.2) is 29.3 Å². The number of nitrogens with one attached hydrogen (secondary N) is 1. The zero-order chi connectivity index (χ0) is 18.9. The molecule has 0 aliphatic rings. The van der Waals surface area contributed by atoms with Gasteiger partial charge >= 0.3 is 0 Å². The van der Waals surface area contributed by atoms with Crippen LogP contribution in [0.4, 0.5) is 4.39 Å². The van der Waals surface area contributed by atoms with Crippen molar-refractivity contribution in [1.82, 2.24) is 10.2 Å². The monoisotopic (exact) mass is 371 g/mol. The molecule has 0 amide bonds. The summed E-state index contributed by atoms with van der Waals surface area (Å²) in [7, 11) is 1.01. The Bertz CT molecular complexity index is 571. The van der Waals surface area contributed by atoms with E-state index < -0.39 is 10.8 Å². The van der Waals surface area contributed by atoms with Crippen LogP contribution in [0.1, 0.15) is 27.7 Å². The number of rotatable bonds is 8. The van der Waals surface area contributed by atoms with Crippen molar-refractivity contribution in [2.75, 3.05) is 39.0 Å². The van der Waals surface area contributed by atoms with E-state index in [1.54, 1.807) is 12.1 Å². The molecule has 1 atom stereocenters. The van der Waals surface area contributed by atoms with Gasteiger partial charge in [0, 0.05) is 34.9 Å². The van der Waals surface area contributed by atoms with Crippen molar-refractivity contribution >= 4 is 16.8 Å². The Labute approximate surface area is 153 Å². The fraction of sp³-hybridized carbons (Fsp3) is 0.611. The van der Waals surface area contributed by atoms with Crippen LogP contribution < -0.4 is 10.1 Å². The summed E-state index contributed by atoms with van der Waals surface area (Å²) in [6, 6.07) is 5.96. The second kappa shape index (κ2) is 10.4. The lowest BCUT2D eigenvalue weighted by atomic mass is 10.3. The first-order valence-electron chi connectivity index (χ1n) is 8.50. The molecule has 7 heteroatoms. The molecule has 0 aromatic heterocycles. The van der Waals surface area contributed by atoms with E-state index >= 15 is 0 Å². The summed E-state index contributed by atoms with van der Waals surface area (Å²) in [5, 5.41) is 3.22. The topological polar surface area (TPSA) is 53.9 Å². The molecule has 0 saturated carbocycles. The quantitative estimate of drug-likeness (QED) is 0.564. The first kappa shape index (κ1) is 21.4. The maximum absolute atomic E-state index is 12.9. The average molecular weight is 372 g/mol. The minimum atomic E-state index is -0.912. The van der Waals surface area contributed by atoms with E-state index in [1.807, 2.05) is 39.6 Å². The van der Waals surface area contributed by atoms with E-state index in [9.17, 15) is 8.60 Å². The van der Waals surface area contributed by atoms with Gasteiger partial charge in [0.2, 0.25) is 0 Å². The van der Waals surface area contributed by atoms with Gasteiger partial charge in [-0.25, -0.2) is 4.39 Å². The summed E-state index contributed by atoms with van der Waals surface area (Å²) >= 11 is 0. The second-order valence-corrected chi connectivity index (χ2v) is 8.95. The summed E-state index contributed by atoms with van der Waals surface area (Å²) in [6.45, 7) is 10.3. The lowest BCUT2D eigenvalue weighted by Crippen LogP contribution is -2.41. The molecule has 142 valence electrons. The highest BCUT2D eigenvalue weighted by Crippen LogP contribution is 2.11. The van der Waals surface area contributed by atoms with Crippen LogP contribution in [0, 0.1) is 5.82 Å². The molecule has 1 aromatic carbocycles. The number of hydrogen-bond donors (Lipinski definition) is 1. The molecule has 5 nitrogen and oxygen atoms in total. The van der Waals surface area contributed by atoms with Crippen LogP contribution >= 0.6 is 0 Å². The highest BCUT2D eigenvalue weighted by atomic mass is 32.2. The summed E-state index contributed by atoms with van der Waals surface area (Å²) in [5.41, 5.74) is 0. The molecule has 0 bridgehead atoms. The molecule has 1 aromatic rings. The van der Waals surface area contributed by atoms with Crippen molar-refractivity contribution in [2.24, 2.45) is 4.99 Å². The largest absolute Gasteiger partial charge is 0.492 e. The minimum Gasteiger partial charge on any atom is -0.492 e. The third-order valence-electron chi connectivity index (χ3n) is 3.43. The molecule has 0 radical (unpaired) electrons. The van der Waals surface area contributed by atoms with Gasteiger partial charge < -0.3 is 15.0 Å². The van der Waals surface area contributed by atoms with Crippen molar-refractivity contribution in [3.8, 4) is 5.75 Å². The summed E-state index contributed by atoms with van der Waals surface area (Å²) < 4.78 is 30.3. The van der Waals surface area contributed by atoms with Crippen molar-refractivity contribution in [3.63, 3.8) is 0 Å². The van der Waals surface area contributed by atoms with Gasteiger partial charge in [-0.15, -0.1) is 0 Å². The fourth-order valence-corrected chi connectivity index (χ4v) is 2.82. The fourth-order valence-electron chi connectivity index (χ4n) is 1.95. The van der Waals surface area contributed by atoms with Crippen LogP contribution in [0.5, 0.6) is 5.75 Å². The molecule has 0 spiro atoms. The number of likely N-dealkylation sites (N-methyl/N-ethyl adjacent to an activating group) is 1. The Hall–Kier alpha value is -1.63. The number of guanidine groups is 1. The second-order valence-electron chi connectivity index (χ2n) is 6.62. The van der Waals surface area contributed by atoms with Crippen LogP contribution in [-0.2, 0) is 10.8 Å². The minimum absolute atomic E-state index is 0.219. The van der Waals surface area contributed by atoms with E-state index in [4.69, 9.17) is 4.74 Å². The number of halogens is 1. The van der Waals surface area contributed by atoms with Crippen molar-refractivity contribution in [2.45, 2.75) is 32.4 Å². The lowest BCUT2D eigenvalue weighted by molar-refractivity contribution is 0.281. The van der Waals surface area contributed by atoms with Gasteiger partial charge in [-0.2, -0.15) is 0 Å². The molecule has 0 aliphatic carbocycles. The molecule has 25 heavy (non-hydrogen) atoms. The highest BCUT2D eigenvalue weighted by Gasteiger charge is 2.18. The highest BCUT2D eigenvalue weighted by molar-refractivity contribution is 7.86. The number of aliphatic imine (C=N–C) groups is 1. The molecule has 0 heterocycles. The molecule has 1 N–H and O–H groups in total. The van der Waals surface area contributed by atoms with Gasteiger partial charge in [-0.1, -0.05) is 0 Å². The van der Waals surface area contributed by atoms with Gasteiger partial charge in [0.1, 0.15) is 18.2 Å². The van der Waals surface area contributed by atoms with E-state index in [0.29, 0.717) is 31.2 Å². The predicted octanol–water partition coefficient (Wildman–Crippen LogP) is 2.65. The van der Waals surface area contributed by atoms with Crippen molar-refractivity contribution < 1.29 is 13.3 Å². The Kier molecular flexibility index (Phi) is 8.89. The molecule has 0 saturated heterocycles. The smallest absolute Gasteiger partial charge is 0.193 e. The average Bonchev–Trinajstić information content (AvgIpc) is 2.54. The van der Waals surface area contributed by atoms with Gasteiger partial charge in [-0.3, -0.25) is 9.20 Å². The predicted molar refractivity (Wildman–Crippen MR) is 103 cm³/mol. The Morgan fingerprint density at radius 2 is 1.96 bits per heavy atom. The molecule has 1 rings (SSSR count). The first-order chi connectivity index (χ1) is 11.7. The number of benzene rings is 1. The maximum Gasteiger partial charge on any atom is 0.193 e. The number of hydrogen-bond acceptors (Lipinski definition) is 3. The SMILES string of the molecule is CCNC(=NCCS(=O)C(C)(C)C)N(C)CCOc1ccc(F)cc1. The summed E-state index contributed by atoms with van der Waals surface area (Å²) in [6.07, 6.45) is 0. The molecular formula is C18H30FN3O2S. The lowest BCUT2D eigenvalue weighted by Gasteiger charge is -2.22. The molecule has 1 unspecified atom stereocenters. The van der Waals surface area contributed by atoms with Crippen LogP contribution in [0.3, 0.4) is 0 Å². The maximum atomic E-state index is 12.9. The molecule has 0 aliphatic heterocycles. The number of nitrogens with zero attached hydrogens (tertiary/aromatic N) is 2. The van der Waals surface area contributed by atoms with Crippen LogP contribution in [0.25, 0.3) is 0 Å². The van der Waals surface area contributed by atoms with E-state index in [-0.39, 0.29) is 10.6 Å². The summed E-state index contributed by atoms with van der Waals surface area (Å²) in [4.78, 5) is 6.50. The third-order valence-corrected chi connectivity index (χ3v) is 5.35.